The third-order valence-electron chi connectivity index (χ3n) is 1.96. The topological polar surface area (TPSA) is 41.8 Å². The van der Waals surface area contributed by atoms with Gasteiger partial charge in [0.25, 0.3) is 5.91 Å². The van der Waals surface area contributed by atoms with E-state index in [-0.39, 0.29) is 10.4 Å². The van der Waals surface area contributed by atoms with Crippen LogP contribution >= 0.6 is 15.9 Å². The summed E-state index contributed by atoms with van der Waals surface area (Å²) in [4.78, 5) is 19.1. The van der Waals surface area contributed by atoms with Crippen LogP contribution in [0.1, 0.15) is 6.92 Å². The minimum absolute atomic E-state index is 0.282. The SMILES string of the molecule is CC1=NC(=O)C2C=C(Br)C(F)=CC2=N1. The molecule has 0 saturated carbocycles. The zero-order chi connectivity index (χ0) is 10.3. The summed E-state index contributed by atoms with van der Waals surface area (Å²) in [5.41, 5.74) is 0.420. The summed E-state index contributed by atoms with van der Waals surface area (Å²) < 4.78 is 13.4. The van der Waals surface area contributed by atoms with Crippen LogP contribution in [0.5, 0.6) is 0 Å². The van der Waals surface area contributed by atoms with Gasteiger partial charge in [-0.05, 0) is 35.0 Å². The zero-order valence-corrected chi connectivity index (χ0v) is 8.88. The molecule has 72 valence electrons. The predicted octanol–water partition coefficient (Wildman–Crippen LogP) is 2.15. The Labute approximate surface area is 88.3 Å². The lowest BCUT2D eigenvalue weighted by molar-refractivity contribution is -0.118. The number of aliphatic imine (C=N–C) groups is 2. The van der Waals surface area contributed by atoms with Crippen molar-refractivity contribution < 1.29 is 9.18 Å². The summed E-state index contributed by atoms with van der Waals surface area (Å²) in [6.07, 6.45) is 2.73. The van der Waals surface area contributed by atoms with Gasteiger partial charge >= 0.3 is 0 Å². The van der Waals surface area contributed by atoms with Crippen molar-refractivity contribution >= 4 is 33.4 Å². The van der Waals surface area contributed by atoms with E-state index in [4.69, 9.17) is 0 Å². The summed E-state index contributed by atoms with van der Waals surface area (Å²) >= 11 is 3.02. The maximum atomic E-state index is 13.1. The number of rotatable bonds is 0. The van der Waals surface area contributed by atoms with E-state index in [0.717, 1.165) is 0 Å². The number of fused-ring (bicyclic) bond motifs is 1. The number of carbonyl (C=O) groups excluding carboxylic acids is 1. The van der Waals surface area contributed by atoms with Crippen molar-refractivity contribution in [3.8, 4) is 0 Å². The highest BCUT2D eigenvalue weighted by Gasteiger charge is 2.29. The van der Waals surface area contributed by atoms with Gasteiger partial charge in [0.1, 0.15) is 17.6 Å². The molecule has 1 aliphatic carbocycles. The van der Waals surface area contributed by atoms with Crippen LogP contribution in [0.25, 0.3) is 0 Å². The molecule has 0 fully saturated rings. The van der Waals surface area contributed by atoms with Gasteiger partial charge in [-0.3, -0.25) is 4.79 Å². The Bertz CT molecular complexity index is 434. The van der Waals surface area contributed by atoms with Gasteiger partial charge in [0.15, 0.2) is 0 Å². The molecule has 0 aromatic rings. The first-order chi connectivity index (χ1) is 6.58. The van der Waals surface area contributed by atoms with Crippen LogP contribution < -0.4 is 0 Å². The normalized spacial score (nSPS) is 25.9. The van der Waals surface area contributed by atoms with Crippen LogP contribution in [0.4, 0.5) is 4.39 Å². The predicted molar refractivity (Wildman–Crippen MR) is 55.2 cm³/mol. The molecular formula is C9H6BrFN2O. The summed E-state index contributed by atoms with van der Waals surface area (Å²) in [5, 5.41) is 0. The van der Waals surface area contributed by atoms with E-state index in [0.29, 0.717) is 11.5 Å². The third-order valence-corrected chi connectivity index (χ3v) is 2.61. The Morgan fingerprint density at radius 2 is 2.21 bits per heavy atom. The number of hydrogen-bond acceptors (Lipinski definition) is 2. The number of amidine groups is 1. The first kappa shape index (κ1) is 9.45. The van der Waals surface area contributed by atoms with Crippen molar-refractivity contribution in [1.82, 2.24) is 0 Å². The van der Waals surface area contributed by atoms with Gasteiger partial charge in [-0.15, -0.1) is 0 Å². The average molecular weight is 257 g/mol. The molecule has 3 nitrogen and oxygen atoms in total. The molecule has 1 unspecified atom stereocenters. The van der Waals surface area contributed by atoms with Crippen LogP contribution in [0.2, 0.25) is 0 Å². The maximum absolute atomic E-state index is 13.1. The summed E-state index contributed by atoms with van der Waals surface area (Å²) in [5.74, 6) is -0.875. The number of halogens is 2. The van der Waals surface area contributed by atoms with E-state index in [1.807, 2.05) is 0 Å². The second-order valence-corrected chi connectivity index (χ2v) is 3.87. The van der Waals surface area contributed by atoms with Crippen molar-refractivity contribution in [2.75, 3.05) is 0 Å². The largest absolute Gasteiger partial charge is 0.271 e. The second kappa shape index (κ2) is 3.24. The lowest BCUT2D eigenvalue weighted by Crippen LogP contribution is -2.27. The minimum atomic E-state index is -0.535. The van der Waals surface area contributed by atoms with Crippen molar-refractivity contribution in [2.45, 2.75) is 6.92 Å². The van der Waals surface area contributed by atoms with Crippen LogP contribution in [-0.4, -0.2) is 17.5 Å². The van der Waals surface area contributed by atoms with E-state index in [1.54, 1.807) is 6.92 Å². The molecule has 0 saturated heterocycles. The Balaban J connectivity index is 2.49. The summed E-state index contributed by atoms with van der Waals surface area (Å²) in [6, 6.07) is 0. The van der Waals surface area contributed by atoms with Crippen molar-refractivity contribution in [1.29, 1.82) is 0 Å². The fourth-order valence-electron chi connectivity index (χ4n) is 1.34. The molecule has 0 bridgehead atoms. The van der Waals surface area contributed by atoms with Gasteiger partial charge < -0.3 is 0 Å². The second-order valence-electron chi connectivity index (χ2n) is 3.02. The van der Waals surface area contributed by atoms with E-state index >= 15 is 0 Å². The van der Waals surface area contributed by atoms with Crippen LogP contribution in [-0.2, 0) is 4.79 Å². The van der Waals surface area contributed by atoms with Crippen molar-refractivity contribution in [3.63, 3.8) is 0 Å². The van der Waals surface area contributed by atoms with Crippen LogP contribution in [0, 0.1) is 5.92 Å². The first-order valence-corrected chi connectivity index (χ1v) is 4.80. The number of nitrogens with zero attached hydrogens (tertiary/aromatic N) is 2. The van der Waals surface area contributed by atoms with Crippen molar-refractivity contribution in [2.24, 2.45) is 15.9 Å². The van der Waals surface area contributed by atoms with E-state index < -0.39 is 11.7 Å². The van der Waals surface area contributed by atoms with Gasteiger partial charge in [0, 0.05) is 0 Å². The van der Waals surface area contributed by atoms with Gasteiger partial charge in [-0.2, -0.15) is 4.99 Å². The van der Waals surface area contributed by atoms with E-state index in [2.05, 4.69) is 25.9 Å². The Kier molecular flexibility index (Phi) is 2.19. The molecule has 0 aromatic heterocycles. The van der Waals surface area contributed by atoms with Crippen LogP contribution in [0.3, 0.4) is 0 Å². The van der Waals surface area contributed by atoms with Gasteiger partial charge in [-0.1, -0.05) is 0 Å². The quantitative estimate of drug-likeness (QED) is 0.655. The standard InChI is InChI=1S/C9H6BrFN2O/c1-4-12-8-3-7(11)6(10)2-5(8)9(14)13-4/h2-3,5H,1H3. The monoisotopic (exact) mass is 256 g/mol. The Morgan fingerprint density at radius 3 is 2.93 bits per heavy atom. The van der Waals surface area contributed by atoms with Crippen molar-refractivity contribution in [3.05, 3.63) is 22.5 Å². The first-order valence-electron chi connectivity index (χ1n) is 4.00. The molecule has 1 atom stereocenters. The number of hydrogen-bond donors (Lipinski definition) is 0. The van der Waals surface area contributed by atoms with E-state index in [9.17, 15) is 9.18 Å². The lowest BCUT2D eigenvalue weighted by Gasteiger charge is -2.18. The molecule has 0 N–H and O–H groups in total. The zero-order valence-electron chi connectivity index (χ0n) is 7.29. The molecule has 1 amide bonds. The fourth-order valence-corrected chi connectivity index (χ4v) is 1.72. The van der Waals surface area contributed by atoms with Gasteiger partial charge in [0.2, 0.25) is 0 Å². The minimum Gasteiger partial charge on any atom is -0.271 e. The molecule has 1 aliphatic heterocycles. The highest BCUT2D eigenvalue weighted by molar-refractivity contribution is 9.11. The molecule has 14 heavy (non-hydrogen) atoms. The van der Waals surface area contributed by atoms with Gasteiger partial charge in [0.05, 0.1) is 10.2 Å². The lowest BCUT2D eigenvalue weighted by atomic mass is 9.96. The number of allylic oxidation sites excluding steroid dienone is 3. The Hall–Kier alpha value is -1.10. The molecular weight excluding hydrogens is 251 g/mol. The smallest absolute Gasteiger partial charge is 0.260 e. The highest BCUT2D eigenvalue weighted by atomic mass is 79.9. The third kappa shape index (κ3) is 1.48. The molecule has 0 radical (unpaired) electrons. The molecule has 5 heteroatoms. The summed E-state index contributed by atoms with van der Waals surface area (Å²) in [7, 11) is 0. The van der Waals surface area contributed by atoms with E-state index in [1.165, 1.54) is 12.2 Å². The number of amides is 1. The Morgan fingerprint density at radius 1 is 1.50 bits per heavy atom. The molecule has 0 spiro atoms. The summed E-state index contributed by atoms with van der Waals surface area (Å²) in [6.45, 7) is 1.61. The molecule has 1 heterocycles. The molecule has 2 aliphatic rings. The number of carbonyl (C=O) groups is 1. The highest BCUT2D eigenvalue weighted by Crippen LogP contribution is 2.28. The average Bonchev–Trinajstić information content (AvgIpc) is 2.08. The maximum Gasteiger partial charge on any atom is 0.260 e. The molecule has 2 rings (SSSR count). The molecule has 0 aromatic carbocycles. The van der Waals surface area contributed by atoms with Gasteiger partial charge in [-0.25, -0.2) is 9.38 Å². The fraction of sp³-hybridized carbons (Fsp3) is 0.222. The van der Waals surface area contributed by atoms with Crippen LogP contribution in [0.15, 0.2) is 32.4 Å².